The van der Waals surface area contributed by atoms with Crippen LogP contribution in [-0.4, -0.2) is 68.0 Å². The van der Waals surface area contributed by atoms with Crippen LogP contribution in [0, 0.1) is 5.82 Å². The van der Waals surface area contributed by atoms with Crippen LogP contribution in [0.5, 0.6) is 0 Å². The first kappa shape index (κ1) is 30.7. The molecule has 1 spiro atoms. The Balaban J connectivity index is 1.53. The molecule has 0 radical (unpaired) electrons. The van der Waals surface area contributed by atoms with Crippen molar-refractivity contribution >= 4 is 39.9 Å². The summed E-state index contributed by atoms with van der Waals surface area (Å²) in [7, 11) is -3.47. The molecule has 0 aromatic heterocycles. The van der Waals surface area contributed by atoms with E-state index >= 15 is 0 Å². The van der Waals surface area contributed by atoms with Crippen LogP contribution < -0.4 is 10.0 Å². The van der Waals surface area contributed by atoms with Crippen molar-refractivity contribution in [1.82, 2.24) is 14.5 Å². The fraction of sp³-hybridized carbons (Fsp3) is 0.360. The second-order valence-corrected chi connectivity index (χ2v) is 10.9. The van der Waals surface area contributed by atoms with Crippen molar-refractivity contribution in [2.45, 2.75) is 44.1 Å². The third-order valence-corrected chi connectivity index (χ3v) is 7.75. The van der Waals surface area contributed by atoms with Gasteiger partial charge in [-0.25, -0.2) is 23.6 Å². The van der Waals surface area contributed by atoms with Gasteiger partial charge in [0.1, 0.15) is 18.4 Å². The SMILES string of the molecule is COS(=O)(=O)NC(=O)Nc1ccc2c(c1)CC[C@@]21OC(=O)N(CC(=O)N(Cc2ccc(F)cc2)[C@@H](C)C(F)(F)F)C1=O. The molecule has 2 atom stereocenters. The molecule has 4 rings (SSSR count). The molecule has 1 heterocycles. The predicted octanol–water partition coefficient (Wildman–Crippen LogP) is 2.94. The summed E-state index contributed by atoms with van der Waals surface area (Å²) in [4.78, 5) is 52.2. The van der Waals surface area contributed by atoms with Crippen LogP contribution in [-0.2, 0) is 47.4 Å². The van der Waals surface area contributed by atoms with Crippen molar-refractivity contribution in [2.75, 3.05) is 19.0 Å². The molecule has 1 saturated heterocycles. The van der Waals surface area contributed by atoms with Gasteiger partial charge in [-0.05, 0) is 48.7 Å². The number of alkyl halides is 3. The maximum absolute atomic E-state index is 13.6. The first-order chi connectivity index (χ1) is 19.6. The number of halogens is 4. The summed E-state index contributed by atoms with van der Waals surface area (Å²) >= 11 is 0. The summed E-state index contributed by atoms with van der Waals surface area (Å²) < 4.78 is 88.0. The highest BCUT2D eigenvalue weighted by molar-refractivity contribution is 7.85. The van der Waals surface area contributed by atoms with Gasteiger partial charge in [0, 0.05) is 24.2 Å². The number of amides is 5. The van der Waals surface area contributed by atoms with Crippen molar-refractivity contribution in [3.05, 3.63) is 65.0 Å². The quantitative estimate of drug-likeness (QED) is 0.430. The van der Waals surface area contributed by atoms with Gasteiger partial charge in [0.25, 0.3) is 5.91 Å². The Kier molecular flexibility index (Phi) is 8.19. The number of imide groups is 1. The molecule has 1 fully saturated rings. The minimum Gasteiger partial charge on any atom is -0.427 e. The lowest BCUT2D eigenvalue weighted by Gasteiger charge is -2.31. The minimum absolute atomic E-state index is 0.0520. The zero-order valence-electron chi connectivity index (χ0n) is 22.0. The van der Waals surface area contributed by atoms with E-state index in [2.05, 4.69) is 9.50 Å². The number of carbonyl (C=O) groups excluding carboxylic acids is 4. The Morgan fingerprint density at radius 1 is 1.17 bits per heavy atom. The van der Waals surface area contributed by atoms with Crippen LogP contribution in [0.25, 0.3) is 0 Å². The number of hydrogen-bond donors (Lipinski definition) is 2. The van der Waals surface area contributed by atoms with E-state index in [9.17, 15) is 45.2 Å². The number of aryl methyl sites for hydroxylation is 1. The highest BCUT2D eigenvalue weighted by atomic mass is 32.2. The third-order valence-electron chi connectivity index (χ3n) is 6.88. The Hall–Kier alpha value is -4.25. The van der Waals surface area contributed by atoms with Crippen LogP contribution in [0.3, 0.4) is 0 Å². The summed E-state index contributed by atoms with van der Waals surface area (Å²) in [5, 5.41) is 2.28. The summed E-state index contributed by atoms with van der Waals surface area (Å²) in [5.41, 5.74) is -0.825. The average Bonchev–Trinajstić information content (AvgIpc) is 3.38. The monoisotopic (exact) mass is 616 g/mol. The number of nitrogens with zero attached hydrogens (tertiary/aromatic N) is 2. The third kappa shape index (κ3) is 6.15. The smallest absolute Gasteiger partial charge is 0.418 e. The summed E-state index contributed by atoms with van der Waals surface area (Å²) in [6.07, 6.45) is -5.95. The summed E-state index contributed by atoms with van der Waals surface area (Å²) in [5.74, 6) is -2.77. The first-order valence-corrected chi connectivity index (χ1v) is 13.7. The molecule has 42 heavy (non-hydrogen) atoms. The van der Waals surface area contributed by atoms with Gasteiger partial charge < -0.3 is 15.0 Å². The van der Waals surface area contributed by atoms with Crippen molar-refractivity contribution in [2.24, 2.45) is 0 Å². The Bertz CT molecular complexity index is 1530. The molecule has 1 aliphatic heterocycles. The van der Waals surface area contributed by atoms with Crippen molar-refractivity contribution in [1.29, 1.82) is 0 Å². The lowest BCUT2D eigenvalue weighted by molar-refractivity contribution is -0.187. The summed E-state index contributed by atoms with van der Waals surface area (Å²) in [6.45, 7) is -0.860. The predicted molar refractivity (Wildman–Crippen MR) is 135 cm³/mol. The fourth-order valence-electron chi connectivity index (χ4n) is 4.67. The van der Waals surface area contributed by atoms with E-state index in [0.29, 0.717) is 15.4 Å². The van der Waals surface area contributed by atoms with Crippen molar-refractivity contribution in [3.8, 4) is 0 Å². The standard InChI is InChI=1S/C25H24F4N4O8S/c1-14(25(27,28)29)32(12-15-3-5-17(26)6-4-15)20(34)13-33-21(35)24(41-23(33)37)10-9-16-11-18(7-8-19(16)24)30-22(36)31-42(38,39)40-2/h3-8,11,14H,9-10,12-13H2,1-2H3,(H2,30,31,36)/t14-,24+/m0/s1. The van der Waals surface area contributed by atoms with Crippen LogP contribution in [0.4, 0.5) is 32.8 Å². The largest absolute Gasteiger partial charge is 0.427 e. The van der Waals surface area contributed by atoms with Gasteiger partial charge in [-0.3, -0.25) is 13.8 Å². The van der Waals surface area contributed by atoms with Gasteiger partial charge in [-0.15, -0.1) is 0 Å². The molecule has 0 bridgehead atoms. The topological polar surface area (TPSA) is 151 Å². The lowest BCUT2D eigenvalue weighted by Crippen LogP contribution is -2.51. The number of urea groups is 1. The molecule has 2 aromatic rings. The van der Waals surface area contributed by atoms with Gasteiger partial charge in [-0.2, -0.15) is 21.6 Å². The number of nitrogens with one attached hydrogen (secondary N) is 2. The normalized spacial score (nSPS) is 19.0. The number of anilines is 1. The van der Waals surface area contributed by atoms with Crippen LogP contribution in [0.1, 0.15) is 30.0 Å². The highest BCUT2D eigenvalue weighted by Crippen LogP contribution is 2.46. The molecule has 0 unspecified atom stereocenters. The van der Waals surface area contributed by atoms with Gasteiger partial charge in [0.05, 0.1) is 7.11 Å². The molecule has 5 amide bonds. The van der Waals surface area contributed by atoms with Crippen molar-refractivity contribution < 1.29 is 54.1 Å². The number of fused-ring (bicyclic) bond motifs is 2. The highest BCUT2D eigenvalue weighted by Gasteiger charge is 2.58. The van der Waals surface area contributed by atoms with Crippen LogP contribution in [0.15, 0.2) is 42.5 Å². The van der Waals surface area contributed by atoms with Gasteiger partial charge in [-0.1, -0.05) is 18.2 Å². The second-order valence-electron chi connectivity index (χ2n) is 9.50. The van der Waals surface area contributed by atoms with E-state index in [1.165, 1.54) is 30.3 Å². The minimum atomic E-state index is -4.84. The number of hydrogen-bond acceptors (Lipinski definition) is 8. The average molecular weight is 617 g/mol. The molecule has 0 saturated carbocycles. The van der Waals surface area contributed by atoms with Crippen LogP contribution in [0.2, 0.25) is 0 Å². The first-order valence-electron chi connectivity index (χ1n) is 12.2. The van der Waals surface area contributed by atoms with E-state index in [1.807, 2.05) is 0 Å². The molecule has 1 aliphatic carbocycles. The Labute approximate surface area is 236 Å². The molecule has 226 valence electrons. The zero-order valence-corrected chi connectivity index (χ0v) is 22.8. The molecule has 2 aromatic carbocycles. The molecular weight excluding hydrogens is 592 g/mol. The molecule has 2 aliphatic rings. The van der Waals surface area contributed by atoms with E-state index in [4.69, 9.17) is 4.74 Å². The Morgan fingerprint density at radius 3 is 2.45 bits per heavy atom. The molecule has 17 heteroatoms. The van der Waals surface area contributed by atoms with Gasteiger partial charge >= 0.3 is 28.6 Å². The molecular formula is C25H24F4N4O8S. The Morgan fingerprint density at radius 2 is 1.83 bits per heavy atom. The van der Waals surface area contributed by atoms with E-state index in [-0.39, 0.29) is 29.7 Å². The van der Waals surface area contributed by atoms with E-state index in [1.54, 1.807) is 4.72 Å². The van der Waals surface area contributed by atoms with Gasteiger partial charge in [0.15, 0.2) is 0 Å². The zero-order chi connectivity index (χ0) is 31.0. The number of carbonyl (C=O) groups is 4. The molecule has 12 nitrogen and oxygen atoms in total. The summed E-state index contributed by atoms with van der Waals surface area (Å²) in [6, 6.07) is 5.14. The lowest BCUT2D eigenvalue weighted by atomic mass is 9.94. The van der Waals surface area contributed by atoms with Crippen LogP contribution >= 0.6 is 0 Å². The van der Waals surface area contributed by atoms with Gasteiger partial charge in [0.2, 0.25) is 11.5 Å². The van der Waals surface area contributed by atoms with Crippen molar-refractivity contribution in [3.63, 3.8) is 0 Å². The fourth-order valence-corrected chi connectivity index (χ4v) is 5.03. The maximum atomic E-state index is 13.6. The van der Waals surface area contributed by atoms with E-state index < -0.39 is 71.0 Å². The van der Waals surface area contributed by atoms with E-state index in [0.717, 1.165) is 26.2 Å². The number of benzene rings is 2. The number of ether oxygens (including phenoxy) is 1. The second kappa shape index (κ2) is 11.2. The maximum Gasteiger partial charge on any atom is 0.418 e. The molecule has 2 N–H and O–H groups in total. The number of rotatable bonds is 8.